The largest absolute Gasteiger partial charge is 0.368 e. The molecule has 9 heteroatoms. The first-order valence-electron chi connectivity index (χ1n) is 7.77. The van der Waals surface area contributed by atoms with Gasteiger partial charge in [0.2, 0.25) is 11.8 Å². The molecule has 3 heterocycles. The Labute approximate surface area is 138 Å². The van der Waals surface area contributed by atoms with E-state index in [4.69, 9.17) is 21.9 Å². The summed E-state index contributed by atoms with van der Waals surface area (Å²) in [6.07, 6.45) is 2.34. The molecule has 0 radical (unpaired) electrons. The number of nitrogens with two attached hydrogens (primary N) is 1. The fourth-order valence-electron chi connectivity index (χ4n) is 2.75. The van der Waals surface area contributed by atoms with E-state index in [1.807, 2.05) is 0 Å². The van der Waals surface area contributed by atoms with Gasteiger partial charge < -0.3 is 15.2 Å². The lowest BCUT2D eigenvalue weighted by Crippen LogP contribution is -2.46. The molecule has 2 aromatic heterocycles. The predicted octanol–water partition coefficient (Wildman–Crippen LogP) is 1.29. The van der Waals surface area contributed by atoms with Gasteiger partial charge in [0.1, 0.15) is 11.0 Å². The summed E-state index contributed by atoms with van der Waals surface area (Å²) in [4.78, 5) is 17.1. The fraction of sp³-hybridized carbons (Fsp3) is 0.571. The quantitative estimate of drug-likeness (QED) is 0.835. The second-order valence-electron chi connectivity index (χ2n) is 5.99. The van der Waals surface area contributed by atoms with Crippen LogP contribution in [0.2, 0.25) is 5.15 Å². The van der Waals surface area contributed by atoms with Crippen LogP contribution in [-0.2, 0) is 6.54 Å². The number of halogens is 1. The normalized spacial score (nSPS) is 19.3. The molecule has 4 rings (SSSR count). The molecule has 1 saturated carbocycles. The topological polar surface area (TPSA) is 97.2 Å². The fourth-order valence-corrected chi connectivity index (χ4v) is 2.93. The minimum absolute atomic E-state index is 0.203. The monoisotopic (exact) mass is 335 g/mol. The Hall–Kier alpha value is -1.93. The van der Waals surface area contributed by atoms with Crippen molar-refractivity contribution in [2.75, 3.05) is 36.8 Å². The van der Waals surface area contributed by atoms with Crippen LogP contribution in [-0.4, -0.2) is 51.2 Å². The number of hydrogen-bond donors (Lipinski definition) is 1. The Morgan fingerprint density at radius 3 is 2.65 bits per heavy atom. The van der Waals surface area contributed by atoms with Crippen LogP contribution in [0, 0.1) is 0 Å². The van der Waals surface area contributed by atoms with Crippen LogP contribution in [0.5, 0.6) is 0 Å². The van der Waals surface area contributed by atoms with Gasteiger partial charge in [-0.05, 0) is 12.8 Å². The maximum atomic E-state index is 5.94. The standard InChI is InChI=1S/C14H18ClN7O/c15-10-7-12(19-14(16)17-10)22-5-3-21(4-6-22)8-11-18-13(23-20-11)9-1-2-9/h7,9H,1-6,8H2,(H2,16,17,19). The maximum Gasteiger partial charge on any atom is 0.229 e. The molecule has 0 amide bonds. The first kappa shape index (κ1) is 14.6. The summed E-state index contributed by atoms with van der Waals surface area (Å²) in [5.74, 6) is 3.05. The van der Waals surface area contributed by atoms with Crippen LogP contribution in [0.15, 0.2) is 10.6 Å². The van der Waals surface area contributed by atoms with Crippen molar-refractivity contribution in [1.29, 1.82) is 0 Å². The van der Waals surface area contributed by atoms with Crippen molar-refractivity contribution in [2.24, 2.45) is 0 Å². The highest BCUT2D eigenvalue weighted by Gasteiger charge is 2.30. The third-order valence-electron chi connectivity index (χ3n) is 4.17. The van der Waals surface area contributed by atoms with Gasteiger partial charge in [0.15, 0.2) is 5.82 Å². The van der Waals surface area contributed by atoms with E-state index in [1.54, 1.807) is 6.07 Å². The summed E-state index contributed by atoms with van der Waals surface area (Å²) in [6.45, 7) is 4.21. The average molecular weight is 336 g/mol. The Morgan fingerprint density at radius 1 is 1.17 bits per heavy atom. The van der Waals surface area contributed by atoms with E-state index in [-0.39, 0.29) is 5.95 Å². The Kier molecular flexibility index (Phi) is 3.78. The van der Waals surface area contributed by atoms with Crippen LogP contribution in [0.4, 0.5) is 11.8 Å². The number of anilines is 2. The Balaban J connectivity index is 1.34. The van der Waals surface area contributed by atoms with E-state index in [0.717, 1.165) is 50.3 Å². The second-order valence-corrected chi connectivity index (χ2v) is 6.38. The zero-order chi connectivity index (χ0) is 15.8. The summed E-state index contributed by atoms with van der Waals surface area (Å²) in [6, 6.07) is 1.74. The third kappa shape index (κ3) is 3.37. The second kappa shape index (κ2) is 5.93. The van der Waals surface area contributed by atoms with Crippen LogP contribution < -0.4 is 10.6 Å². The van der Waals surface area contributed by atoms with Gasteiger partial charge in [-0.2, -0.15) is 9.97 Å². The SMILES string of the molecule is Nc1nc(Cl)cc(N2CCN(Cc3noc(C4CC4)n3)CC2)n1. The van der Waals surface area contributed by atoms with Crippen molar-refractivity contribution < 1.29 is 4.52 Å². The van der Waals surface area contributed by atoms with Crippen molar-refractivity contribution in [3.05, 3.63) is 22.9 Å². The van der Waals surface area contributed by atoms with Gasteiger partial charge in [0.05, 0.1) is 6.54 Å². The molecule has 1 aliphatic heterocycles. The molecule has 0 atom stereocenters. The molecule has 1 saturated heterocycles. The number of nitrogens with zero attached hydrogens (tertiary/aromatic N) is 6. The molecule has 8 nitrogen and oxygen atoms in total. The molecule has 23 heavy (non-hydrogen) atoms. The molecule has 0 bridgehead atoms. The summed E-state index contributed by atoms with van der Waals surface area (Å²) in [5.41, 5.74) is 5.66. The highest BCUT2D eigenvalue weighted by Crippen LogP contribution is 2.38. The van der Waals surface area contributed by atoms with Crippen molar-refractivity contribution in [1.82, 2.24) is 25.0 Å². The molecule has 2 N–H and O–H groups in total. The molecule has 0 spiro atoms. The minimum Gasteiger partial charge on any atom is -0.368 e. The first-order valence-corrected chi connectivity index (χ1v) is 8.15. The highest BCUT2D eigenvalue weighted by atomic mass is 35.5. The molecule has 2 aliphatic rings. The summed E-state index contributed by atoms with van der Waals surface area (Å²) >= 11 is 5.94. The Morgan fingerprint density at radius 2 is 1.96 bits per heavy atom. The smallest absolute Gasteiger partial charge is 0.229 e. The number of rotatable bonds is 4. The number of piperazine rings is 1. The number of nitrogen functional groups attached to an aromatic ring is 1. The van der Waals surface area contributed by atoms with E-state index in [2.05, 4.69) is 29.9 Å². The lowest BCUT2D eigenvalue weighted by atomic mass is 10.3. The van der Waals surface area contributed by atoms with E-state index >= 15 is 0 Å². The molecule has 0 unspecified atom stereocenters. The molecule has 2 fully saturated rings. The van der Waals surface area contributed by atoms with Crippen LogP contribution in [0.25, 0.3) is 0 Å². The van der Waals surface area contributed by atoms with Gasteiger partial charge in [0, 0.05) is 38.2 Å². The van der Waals surface area contributed by atoms with Gasteiger partial charge >= 0.3 is 0 Å². The number of hydrogen-bond acceptors (Lipinski definition) is 8. The van der Waals surface area contributed by atoms with Crippen LogP contribution >= 0.6 is 11.6 Å². The van der Waals surface area contributed by atoms with E-state index in [1.165, 1.54) is 12.8 Å². The first-order chi connectivity index (χ1) is 11.2. The zero-order valence-corrected chi connectivity index (χ0v) is 13.4. The molecular weight excluding hydrogens is 318 g/mol. The summed E-state index contributed by atoms with van der Waals surface area (Å²) < 4.78 is 5.30. The summed E-state index contributed by atoms with van der Waals surface area (Å²) in [5, 5.41) is 4.45. The highest BCUT2D eigenvalue weighted by molar-refractivity contribution is 6.29. The van der Waals surface area contributed by atoms with Crippen molar-refractivity contribution in [3.63, 3.8) is 0 Å². The molecule has 1 aliphatic carbocycles. The van der Waals surface area contributed by atoms with Crippen molar-refractivity contribution >= 4 is 23.4 Å². The lowest BCUT2D eigenvalue weighted by molar-refractivity contribution is 0.239. The van der Waals surface area contributed by atoms with E-state index in [9.17, 15) is 0 Å². The van der Waals surface area contributed by atoms with Gasteiger partial charge in [0.25, 0.3) is 0 Å². The zero-order valence-electron chi connectivity index (χ0n) is 12.7. The Bertz CT molecular complexity index is 674. The van der Waals surface area contributed by atoms with Gasteiger partial charge in [-0.1, -0.05) is 16.8 Å². The predicted molar refractivity (Wildman–Crippen MR) is 85.2 cm³/mol. The van der Waals surface area contributed by atoms with E-state index in [0.29, 0.717) is 11.1 Å². The molecule has 2 aromatic rings. The van der Waals surface area contributed by atoms with Gasteiger partial charge in [-0.25, -0.2) is 4.98 Å². The summed E-state index contributed by atoms with van der Waals surface area (Å²) in [7, 11) is 0. The number of aromatic nitrogens is 4. The third-order valence-corrected chi connectivity index (χ3v) is 4.36. The van der Waals surface area contributed by atoms with E-state index < -0.39 is 0 Å². The van der Waals surface area contributed by atoms with Gasteiger partial charge in [-0.15, -0.1) is 0 Å². The molecule has 122 valence electrons. The lowest BCUT2D eigenvalue weighted by Gasteiger charge is -2.34. The molecule has 0 aromatic carbocycles. The average Bonchev–Trinajstić information content (AvgIpc) is 3.27. The van der Waals surface area contributed by atoms with Crippen LogP contribution in [0.3, 0.4) is 0 Å². The molecular formula is C14H18ClN7O. The maximum absolute atomic E-state index is 5.94. The van der Waals surface area contributed by atoms with Crippen LogP contribution in [0.1, 0.15) is 30.5 Å². The van der Waals surface area contributed by atoms with Crippen molar-refractivity contribution in [2.45, 2.75) is 25.3 Å². The minimum atomic E-state index is 0.203. The van der Waals surface area contributed by atoms with Crippen molar-refractivity contribution in [3.8, 4) is 0 Å². The van der Waals surface area contributed by atoms with Gasteiger partial charge in [-0.3, -0.25) is 4.90 Å².